The molecule has 1 aliphatic carbocycles. The Morgan fingerprint density at radius 1 is 1.33 bits per heavy atom. The van der Waals surface area contributed by atoms with Crippen molar-refractivity contribution < 1.29 is 4.79 Å². The van der Waals surface area contributed by atoms with Crippen LogP contribution in [0.1, 0.15) is 29.6 Å². The van der Waals surface area contributed by atoms with Gasteiger partial charge in [0, 0.05) is 6.54 Å². The van der Waals surface area contributed by atoms with Gasteiger partial charge in [-0.3, -0.25) is 5.10 Å². The fourth-order valence-corrected chi connectivity index (χ4v) is 2.50. The molecule has 6 heteroatoms. The standard InChI is InChI=1S/C15H19N5O/c1-10-18-14(20-19-10)9-17-15(21)16-8-12-7-13(12)11-5-3-2-4-6-11/h2-6,12-13H,7-9H2,1H3,(H2,16,17,21)(H,18,19,20)/t12-,13-/m1/s1. The maximum Gasteiger partial charge on any atom is 0.315 e. The van der Waals surface area contributed by atoms with Crippen LogP contribution in [0.5, 0.6) is 0 Å². The van der Waals surface area contributed by atoms with E-state index in [1.54, 1.807) is 0 Å². The summed E-state index contributed by atoms with van der Waals surface area (Å²) in [5.41, 5.74) is 1.36. The predicted molar refractivity (Wildman–Crippen MR) is 78.6 cm³/mol. The molecule has 21 heavy (non-hydrogen) atoms. The highest BCUT2D eigenvalue weighted by Crippen LogP contribution is 2.46. The number of aromatic amines is 1. The van der Waals surface area contributed by atoms with Gasteiger partial charge in [0.15, 0.2) is 5.82 Å². The Hall–Kier alpha value is -2.37. The van der Waals surface area contributed by atoms with Crippen LogP contribution in [0.3, 0.4) is 0 Å². The summed E-state index contributed by atoms with van der Waals surface area (Å²) < 4.78 is 0. The van der Waals surface area contributed by atoms with Crippen molar-refractivity contribution in [3.05, 3.63) is 47.5 Å². The van der Waals surface area contributed by atoms with Gasteiger partial charge in [-0.15, -0.1) is 0 Å². The number of rotatable bonds is 5. The molecule has 6 nitrogen and oxygen atoms in total. The smallest absolute Gasteiger partial charge is 0.315 e. The Labute approximate surface area is 123 Å². The Morgan fingerprint density at radius 3 is 2.86 bits per heavy atom. The van der Waals surface area contributed by atoms with Crippen LogP contribution >= 0.6 is 0 Å². The van der Waals surface area contributed by atoms with Gasteiger partial charge < -0.3 is 10.6 Å². The molecular weight excluding hydrogens is 266 g/mol. The van der Waals surface area contributed by atoms with Gasteiger partial charge in [-0.25, -0.2) is 9.78 Å². The first kappa shape index (κ1) is 13.6. The van der Waals surface area contributed by atoms with E-state index in [0.29, 0.717) is 30.7 Å². The summed E-state index contributed by atoms with van der Waals surface area (Å²) in [6.07, 6.45) is 1.14. The molecule has 0 radical (unpaired) electrons. The van der Waals surface area contributed by atoms with Crippen molar-refractivity contribution in [2.45, 2.75) is 25.8 Å². The largest absolute Gasteiger partial charge is 0.338 e. The molecule has 0 unspecified atom stereocenters. The summed E-state index contributed by atoms with van der Waals surface area (Å²) in [6, 6.07) is 10.3. The van der Waals surface area contributed by atoms with Crippen LogP contribution in [0.25, 0.3) is 0 Å². The van der Waals surface area contributed by atoms with Gasteiger partial charge >= 0.3 is 6.03 Å². The molecule has 1 saturated carbocycles. The zero-order valence-electron chi connectivity index (χ0n) is 12.0. The average molecular weight is 285 g/mol. The van der Waals surface area contributed by atoms with E-state index in [9.17, 15) is 4.79 Å². The molecule has 2 amide bonds. The van der Waals surface area contributed by atoms with Gasteiger partial charge in [-0.05, 0) is 30.7 Å². The highest BCUT2D eigenvalue weighted by atomic mass is 16.2. The zero-order chi connectivity index (χ0) is 14.7. The summed E-state index contributed by atoms with van der Waals surface area (Å²) in [5, 5.41) is 12.4. The van der Waals surface area contributed by atoms with Crippen molar-refractivity contribution in [3.8, 4) is 0 Å². The van der Waals surface area contributed by atoms with E-state index in [1.165, 1.54) is 5.56 Å². The molecule has 0 spiro atoms. The van der Waals surface area contributed by atoms with Gasteiger partial charge in [0.2, 0.25) is 0 Å². The minimum atomic E-state index is -0.170. The molecule has 0 saturated heterocycles. The zero-order valence-corrected chi connectivity index (χ0v) is 12.0. The number of benzene rings is 1. The second kappa shape index (κ2) is 5.95. The number of carbonyl (C=O) groups is 1. The predicted octanol–water partition coefficient (Wildman–Crippen LogP) is 1.72. The van der Waals surface area contributed by atoms with E-state index < -0.39 is 0 Å². The lowest BCUT2D eigenvalue weighted by Gasteiger charge is -2.06. The first-order valence-corrected chi connectivity index (χ1v) is 7.17. The molecule has 0 aliphatic heterocycles. The van der Waals surface area contributed by atoms with Crippen molar-refractivity contribution in [1.82, 2.24) is 25.8 Å². The second-order valence-corrected chi connectivity index (χ2v) is 5.41. The van der Waals surface area contributed by atoms with Crippen LogP contribution in [0.2, 0.25) is 0 Å². The van der Waals surface area contributed by atoms with E-state index >= 15 is 0 Å². The molecular formula is C15H19N5O. The molecule has 3 rings (SSSR count). The van der Waals surface area contributed by atoms with Crippen LogP contribution in [0.15, 0.2) is 30.3 Å². The topological polar surface area (TPSA) is 82.7 Å². The second-order valence-electron chi connectivity index (χ2n) is 5.41. The quantitative estimate of drug-likeness (QED) is 0.782. The molecule has 2 atom stereocenters. The number of nitrogens with one attached hydrogen (secondary N) is 3. The molecule has 1 aromatic carbocycles. The van der Waals surface area contributed by atoms with E-state index in [4.69, 9.17) is 0 Å². The first-order valence-electron chi connectivity index (χ1n) is 7.17. The van der Waals surface area contributed by atoms with Crippen molar-refractivity contribution in [2.24, 2.45) is 5.92 Å². The number of nitrogens with zero attached hydrogens (tertiary/aromatic N) is 2. The van der Waals surface area contributed by atoms with Gasteiger partial charge in [-0.2, -0.15) is 5.10 Å². The molecule has 2 aromatic rings. The Balaban J connectivity index is 1.37. The summed E-state index contributed by atoms with van der Waals surface area (Å²) in [5.74, 6) is 2.47. The van der Waals surface area contributed by atoms with Crippen molar-refractivity contribution in [1.29, 1.82) is 0 Å². The number of carbonyl (C=O) groups excluding carboxylic acids is 1. The van der Waals surface area contributed by atoms with Crippen LogP contribution < -0.4 is 10.6 Å². The van der Waals surface area contributed by atoms with E-state index in [0.717, 1.165) is 12.2 Å². The summed E-state index contributed by atoms with van der Waals surface area (Å²) in [4.78, 5) is 15.8. The lowest BCUT2D eigenvalue weighted by atomic mass is 10.1. The Morgan fingerprint density at radius 2 is 2.14 bits per heavy atom. The van der Waals surface area contributed by atoms with Gasteiger partial charge in [0.25, 0.3) is 0 Å². The molecule has 1 aromatic heterocycles. The fourth-order valence-electron chi connectivity index (χ4n) is 2.50. The van der Waals surface area contributed by atoms with Crippen LogP contribution in [0.4, 0.5) is 4.79 Å². The monoisotopic (exact) mass is 285 g/mol. The maximum absolute atomic E-state index is 11.7. The van der Waals surface area contributed by atoms with Crippen LogP contribution in [0, 0.1) is 12.8 Å². The van der Waals surface area contributed by atoms with E-state index in [1.807, 2.05) is 13.0 Å². The minimum absolute atomic E-state index is 0.170. The Kier molecular flexibility index (Phi) is 3.85. The highest BCUT2D eigenvalue weighted by Gasteiger charge is 2.37. The Bertz CT molecular complexity index is 610. The van der Waals surface area contributed by atoms with Crippen molar-refractivity contribution in [2.75, 3.05) is 6.54 Å². The maximum atomic E-state index is 11.7. The number of hydrogen-bond donors (Lipinski definition) is 3. The van der Waals surface area contributed by atoms with E-state index in [2.05, 4.69) is 50.1 Å². The van der Waals surface area contributed by atoms with Crippen LogP contribution in [-0.2, 0) is 6.54 Å². The van der Waals surface area contributed by atoms with Crippen molar-refractivity contribution >= 4 is 6.03 Å². The molecule has 0 bridgehead atoms. The number of aryl methyl sites for hydroxylation is 1. The van der Waals surface area contributed by atoms with E-state index in [-0.39, 0.29) is 6.03 Å². The summed E-state index contributed by atoms with van der Waals surface area (Å²) >= 11 is 0. The van der Waals surface area contributed by atoms with Gasteiger partial charge in [0.05, 0.1) is 6.54 Å². The minimum Gasteiger partial charge on any atom is -0.338 e. The highest BCUT2D eigenvalue weighted by molar-refractivity contribution is 5.73. The molecule has 1 fully saturated rings. The normalized spacial score (nSPS) is 20.0. The number of urea groups is 1. The number of H-pyrrole nitrogens is 1. The third kappa shape index (κ3) is 3.59. The number of amides is 2. The summed E-state index contributed by atoms with van der Waals surface area (Å²) in [7, 11) is 0. The van der Waals surface area contributed by atoms with Gasteiger partial charge in [0.1, 0.15) is 5.82 Å². The molecule has 110 valence electrons. The molecule has 3 N–H and O–H groups in total. The number of aromatic nitrogens is 3. The third-order valence-corrected chi connectivity index (χ3v) is 3.73. The lowest BCUT2D eigenvalue weighted by Crippen LogP contribution is -2.36. The fraction of sp³-hybridized carbons (Fsp3) is 0.400. The number of hydrogen-bond acceptors (Lipinski definition) is 3. The molecule has 1 heterocycles. The third-order valence-electron chi connectivity index (χ3n) is 3.73. The molecule has 1 aliphatic rings. The van der Waals surface area contributed by atoms with Crippen LogP contribution in [-0.4, -0.2) is 27.8 Å². The first-order chi connectivity index (χ1) is 10.2. The SMILES string of the molecule is Cc1nc(CNC(=O)NC[C@H]2C[C@@H]2c2ccccc2)n[nH]1. The van der Waals surface area contributed by atoms with Gasteiger partial charge in [-0.1, -0.05) is 30.3 Å². The average Bonchev–Trinajstić information content (AvgIpc) is 3.17. The lowest BCUT2D eigenvalue weighted by molar-refractivity contribution is 0.239. The van der Waals surface area contributed by atoms with Crippen molar-refractivity contribution in [3.63, 3.8) is 0 Å². The summed E-state index contributed by atoms with van der Waals surface area (Å²) in [6.45, 7) is 2.87.